The second kappa shape index (κ2) is 9.48. The van der Waals surface area contributed by atoms with Gasteiger partial charge in [-0.15, -0.1) is 24.8 Å². The molecule has 3 atom stereocenters. The number of aromatic nitrogens is 2. The third-order valence-electron chi connectivity index (χ3n) is 6.41. The number of aryl methyl sites for hydroxylation is 1. The number of amides is 1. The van der Waals surface area contributed by atoms with Gasteiger partial charge in [-0.1, -0.05) is 17.7 Å². The molecular weight excluding hydrogens is 451 g/mol. The molecule has 5 rings (SSSR count). The highest BCUT2D eigenvalue weighted by atomic mass is 35.5. The van der Waals surface area contributed by atoms with E-state index in [0.717, 1.165) is 30.8 Å². The Morgan fingerprint density at radius 1 is 1.12 bits per heavy atom. The Labute approximate surface area is 197 Å². The monoisotopic (exact) mass is 476 g/mol. The zero-order chi connectivity index (χ0) is 20.8. The standard InChI is InChI=1S/C23H24N4O3.2ClH/c1-13-5-6-18-16(7-13)17(9-21(28)26-18)23(30)25-12-20-15-8-14(10-24-11-15)19-3-2-4-22(29)27(19)20;;/h2-7,9,14-15,20,24H,8,10-12H2,1H3,(H,25,30)(H,26,28);2*1H/t14-,15+,20+;;/m1../s1. The molecule has 1 fully saturated rings. The van der Waals surface area contributed by atoms with Gasteiger partial charge in [0.1, 0.15) is 0 Å². The molecule has 1 amide bonds. The number of benzene rings is 1. The zero-order valence-corrected chi connectivity index (χ0v) is 19.2. The fourth-order valence-electron chi connectivity index (χ4n) is 5.01. The van der Waals surface area contributed by atoms with Crippen molar-refractivity contribution in [3.05, 3.63) is 80.0 Å². The first-order chi connectivity index (χ1) is 14.5. The summed E-state index contributed by atoms with van der Waals surface area (Å²) < 4.78 is 1.86. The molecule has 2 bridgehead atoms. The summed E-state index contributed by atoms with van der Waals surface area (Å²) in [6.07, 6.45) is 1.00. The van der Waals surface area contributed by atoms with Gasteiger partial charge in [0.25, 0.3) is 11.5 Å². The van der Waals surface area contributed by atoms with Gasteiger partial charge >= 0.3 is 0 Å². The summed E-state index contributed by atoms with van der Waals surface area (Å²) in [5, 5.41) is 7.18. The van der Waals surface area contributed by atoms with Crippen LogP contribution in [0.2, 0.25) is 0 Å². The van der Waals surface area contributed by atoms with Gasteiger partial charge in [0, 0.05) is 54.3 Å². The third-order valence-corrected chi connectivity index (χ3v) is 6.41. The molecule has 0 radical (unpaired) electrons. The van der Waals surface area contributed by atoms with E-state index in [0.29, 0.717) is 28.9 Å². The third kappa shape index (κ3) is 4.20. The van der Waals surface area contributed by atoms with Gasteiger partial charge in [0.2, 0.25) is 5.56 Å². The Hall–Kier alpha value is -2.61. The highest BCUT2D eigenvalue weighted by Gasteiger charge is 2.37. The van der Waals surface area contributed by atoms with Crippen molar-refractivity contribution in [1.29, 1.82) is 0 Å². The number of nitrogens with one attached hydrogen (secondary N) is 3. The number of rotatable bonds is 3. The number of hydrogen-bond donors (Lipinski definition) is 3. The minimum absolute atomic E-state index is 0. The fraction of sp³-hybridized carbons (Fsp3) is 0.348. The number of fused-ring (bicyclic) bond motifs is 5. The molecule has 1 aromatic carbocycles. The lowest BCUT2D eigenvalue weighted by atomic mass is 9.79. The van der Waals surface area contributed by atoms with Gasteiger partial charge in [-0.05, 0) is 37.5 Å². The second-order valence-electron chi connectivity index (χ2n) is 8.38. The van der Waals surface area contributed by atoms with Crippen molar-refractivity contribution < 1.29 is 4.79 Å². The van der Waals surface area contributed by atoms with Crippen LogP contribution in [0.25, 0.3) is 10.9 Å². The summed E-state index contributed by atoms with van der Waals surface area (Å²) in [6.45, 7) is 3.99. The number of aromatic amines is 1. The number of halogens is 2. The van der Waals surface area contributed by atoms with Crippen molar-refractivity contribution in [3.63, 3.8) is 0 Å². The van der Waals surface area contributed by atoms with Gasteiger partial charge in [-0.3, -0.25) is 14.4 Å². The molecule has 0 unspecified atom stereocenters. The Balaban J connectivity index is 0.00000144. The van der Waals surface area contributed by atoms with Crippen molar-refractivity contribution in [3.8, 4) is 0 Å². The van der Waals surface area contributed by atoms with Gasteiger partial charge in [0.15, 0.2) is 0 Å². The lowest BCUT2D eigenvalue weighted by Crippen LogP contribution is -2.50. The molecule has 7 nitrogen and oxygen atoms in total. The van der Waals surface area contributed by atoms with Gasteiger partial charge in [-0.25, -0.2) is 0 Å². The minimum atomic E-state index is -0.310. The van der Waals surface area contributed by atoms with E-state index in [1.165, 1.54) is 6.07 Å². The first-order valence-electron chi connectivity index (χ1n) is 10.4. The van der Waals surface area contributed by atoms with Crippen LogP contribution in [0.15, 0.2) is 52.1 Å². The van der Waals surface area contributed by atoms with E-state index in [1.54, 1.807) is 6.07 Å². The van der Waals surface area contributed by atoms with E-state index >= 15 is 0 Å². The summed E-state index contributed by atoms with van der Waals surface area (Å²) in [5.74, 6) is 0.298. The molecule has 3 N–H and O–H groups in total. The predicted molar refractivity (Wildman–Crippen MR) is 130 cm³/mol. The van der Waals surface area contributed by atoms with Crippen LogP contribution in [-0.4, -0.2) is 35.1 Å². The average Bonchev–Trinajstić information content (AvgIpc) is 2.74. The van der Waals surface area contributed by atoms with Crippen LogP contribution in [0.3, 0.4) is 0 Å². The quantitative estimate of drug-likeness (QED) is 0.540. The van der Waals surface area contributed by atoms with Gasteiger partial charge in [0.05, 0.1) is 11.6 Å². The van der Waals surface area contributed by atoms with Crippen LogP contribution < -0.4 is 21.8 Å². The van der Waals surface area contributed by atoms with E-state index in [1.807, 2.05) is 41.8 Å². The van der Waals surface area contributed by atoms with Crippen LogP contribution in [-0.2, 0) is 0 Å². The molecule has 9 heteroatoms. The van der Waals surface area contributed by atoms with Gasteiger partial charge in [-0.2, -0.15) is 0 Å². The number of carbonyl (C=O) groups excluding carboxylic acids is 1. The number of carbonyl (C=O) groups is 1. The van der Waals surface area contributed by atoms with Crippen LogP contribution >= 0.6 is 24.8 Å². The number of pyridine rings is 2. The molecule has 32 heavy (non-hydrogen) atoms. The highest BCUT2D eigenvalue weighted by molar-refractivity contribution is 6.06. The van der Waals surface area contributed by atoms with Gasteiger partial charge < -0.3 is 20.2 Å². The number of H-pyrrole nitrogens is 1. The summed E-state index contributed by atoms with van der Waals surface area (Å²) in [4.78, 5) is 40.6. The number of piperidine rings is 1. The maximum Gasteiger partial charge on any atom is 0.252 e. The Bertz CT molecular complexity index is 1270. The fourth-order valence-corrected chi connectivity index (χ4v) is 5.01. The number of hydrogen-bond acceptors (Lipinski definition) is 4. The average molecular weight is 477 g/mol. The second-order valence-corrected chi connectivity index (χ2v) is 8.38. The van der Waals surface area contributed by atoms with Crippen LogP contribution in [0.1, 0.15) is 40.0 Å². The molecule has 2 aromatic heterocycles. The predicted octanol–water partition coefficient (Wildman–Crippen LogP) is 2.52. The van der Waals surface area contributed by atoms with Crippen molar-refractivity contribution in [2.45, 2.75) is 25.3 Å². The molecule has 2 aliphatic heterocycles. The Morgan fingerprint density at radius 3 is 2.75 bits per heavy atom. The van der Waals surface area contributed by atoms with Crippen LogP contribution in [0.4, 0.5) is 0 Å². The lowest BCUT2D eigenvalue weighted by Gasteiger charge is -2.43. The normalized spacial score (nSPS) is 21.1. The summed E-state index contributed by atoms with van der Waals surface area (Å²) >= 11 is 0. The molecule has 0 aliphatic carbocycles. The first-order valence-corrected chi connectivity index (χ1v) is 10.4. The summed E-state index contributed by atoms with van der Waals surface area (Å²) in [6, 6.07) is 12.2. The van der Waals surface area contributed by atoms with Crippen molar-refractivity contribution in [1.82, 2.24) is 20.2 Å². The van der Waals surface area contributed by atoms with Crippen molar-refractivity contribution in [2.24, 2.45) is 5.92 Å². The maximum absolute atomic E-state index is 13.1. The maximum atomic E-state index is 13.1. The molecule has 3 aromatic rings. The molecular formula is C23H26Cl2N4O3. The van der Waals surface area contributed by atoms with E-state index in [9.17, 15) is 14.4 Å². The molecule has 0 spiro atoms. The smallest absolute Gasteiger partial charge is 0.252 e. The summed E-state index contributed by atoms with van der Waals surface area (Å²) in [5.41, 5.74) is 2.69. The van der Waals surface area contributed by atoms with Crippen molar-refractivity contribution in [2.75, 3.05) is 19.6 Å². The Morgan fingerprint density at radius 2 is 1.94 bits per heavy atom. The van der Waals surface area contributed by atoms with Crippen molar-refractivity contribution >= 4 is 41.6 Å². The zero-order valence-electron chi connectivity index (χ0n) is 17.6. The van der Waals surface area contributed by atoms with E-state index < -0.39 is 0 Å². The van der Waals surface area contributed by atoms with E-state index in [-0.39, 0.29) is 53.8 Å². The van der Waals surface area contributed by atoms with E-state index in [2.05, 4.69) is 15.6 Å². The molecule has 170 valence electrons. The lowest BCUT2D eigenvalue weighted by molar-refractivity contribution is 0.0933. The largest absolute Gasteiger partial charge is 0.350 e. The molecule has 4 heterocycles. The molecule has 1 saturated heterocycles. The SMILES string of the molecule is Cc1ccc2[nH]c(=O)cc(C(=O)NC[C@H]3[C@@H]4CNC[C@@H](C4)c4cccc(=O)n43)c2c1.Cl.Cl. The Kier molecular flexibility index (Phi) is 7.12. The summed E-state index contributed by atoms with van der Waals surface area (Å²) in [7, 11) is 0. The highest BCUT2D eigenvalue weighted by Crippen LogP contribution is 2.38. The number of nitrogens with zero attached hydrogens (tertiary/aromatic N) is 1. The van der Waals surface area contributed by atoms with Crippen LogP contribution in [0, 0.1) is 12.8 Å². The van der Waals surface area contributed by atoms with Crippen LogP contribution in [0.5, 0.6) is 0 Å². The molecule has 0 saturated carbocycles. The van der Waals surface area contributed by atoms with E-state index in [4.69, 9.17) is 0 Å². The molecule has 2 aliphatic rings. The topological polar surface area (TPSA) is 96.0 Å². The minimum Gasteiger partial charge on any atom is -0.350 e. The first kappa shape index (κ1) is 24.0.